The second-order valence-corrected chi connectivity index (χ2v) is 7.37. The van der Waals surface area contributed by atoms with Crippen LogP contribution in [0.5, 0.6) is 5.75 Å². The quantitative estimate of drug-likeness (QED) is 0.336. The molecule has 1 atom stereocenters. The molecule has 0 aliphatic carbocycles. The minimum absolute atomic E-state index is 0.282. The standard InChI is InChI=1S/C21H30NO4P/c1-2-3-4-5-8-15-25-21-13-12-18(19-10-6-7-11-20(19)21)17-22-14-9-16-26-27(23)24/h6-7,10-13,22H,2-5,8-9,14-17H2,1H3/p+1. The van der Waals surface area contributed by atoms with Gasteiger partial charge < -0.3 is 10.1 Å². The van der Waals surface area contributed by atoms with Gasteiger partial charge >= 0.3 is 8.25 Å². The van der Waals surface area contributed by atoms with Crippen LogP contribution in [-0.2, 0) is 15.6 Å². The van der Waals surface area contributed by atoms with Gasteiger partial charge in [0.2, 0.25) is 0 Å². The minimum Gasteiger partial charge on any atom is -0.493 e. The predicted octanol–water partition coefficient (Wildman–Crippen LogP) is 5.34. The minimum atomic E-state index is -2.49. The number of fused-ring (bicyclic) bond motifs is 1. The van der Waals surface area contributed by atoms with Crippen molar-refractivity contribution < 1.29 is 18.7 Å². The summed E-state index contributed by atoms with van der Waals surface area (Å²) < 4.78 is 21.2. The van der Waals surface area contributed by atoms with Gasteiger partial charge in [-0.05, 0) is 36.4 Å². The van der Waals surface area contributed by atoms with Gasteiger partial charge in [-0.3, -0.25) is 0 Å². The van der Waals surface area contributed by atoms with E-state index in [9.17, 15) is 4.57 Å². The molecule has 0 spiro atoms. The summed E-state index contributed by atoms with van der Waals surface area (Å²) in [7, 11) is -2.49. The first-order valence-corrected chi connectivity index (χ1v) is 11.0. The van der Waals surface area contributed by atoms with E-state index in [-0.39, 0.29) is 6.61 Å². The van der Waals surface area contributed by atoms with Crippen LogP contribution in [0.4, 0.5) is 0 Å². The van der Waals surface area contributed by atoms with Crippen molar-refractivity contribution in [3.8, 4) is 5.75 Å². The Hall–Kier alpha value is -1.52. The zero-order valence-electron chi connectivity index (χ0n) is 16.2. The Bertz CT molecular complexity index is 708. The van der Waals surface area contributed by atoms with E-state index in [4.69, 9.17) is 9.63 Å². The zero-order valence-corrected chi connectivity index (χ0v) is 17.0. The van der Waals surface area contributed by atoms with E-state index in [1.165, 1.54) is 36.6 Å². The molecule has 0 radical (unpaired) electrons. The van der Waals surface area contributed by atoms with E-state index < -0.39 is 8.25 Å². The molecule has 0 bridgehead atoms. The Morgan fingerprint density at radius 2 is 1.74 bits per heavy atom. The van der Waals surface area contributed by atoms with Gasteiger partial charge in [0.1, 0.15) is 12.4 Å². The lowest BCUT2D eigenvalue weighted by Gasteiger charge is -2.13. The smallest absolute Gasteiger partial charge is 0.493 e. The molecule has 5 nitrogen and oxygen atoms in total. The molecule has 0 amide bonds. The Balaban J connectivity index is 1.87. The molecule has 0 aliphatic rings. The summed E-state index contributed by atoms with van der Waals surface area (Å²) in [6, 6.07) is 12.5. The van der Waals surface area contributed by atoms with Crippen LogP contribution in [0, 0.1) is 0 Å². The van der Waals surface area contributed by atoms with E-state index >= 15 is 0 Å². The van der Waals surface area contributed by atoms with E-state index in [1.807, 2.05) is 12.1 Å². The number of benzene rings is 2. The topological polar surface area (TPSA) is 67.8 Å². The summed E-state index contributed by atoms with van der Waals surface area (Å²) in [4.78, 5) is 8.60. The summed E-state index contributed by atoms with van der Waals surface area (Å²) in [6.45, 7) is 4.74. The fourth-order valence-corrected chi connectivity index (χ4v) is 3.35. The first kappa shape index (κ1) is 21.8. The molecule has 6 heteroatoms. The van der Waals surface area contributed by atoms with Crippen LogP contribution >= 0.6 is 8.25 Å². The monoisotopic (exact) mass is 392 g/mol. The van der Waals surface area contributed by atoms with Gasteiger partial charge in [0, 0.05) is 16.5 Å². The van der Waals surface area contributed by atoms with Gasteiger partial charge in [-0.1, -0.05) is 62.9 Å². The molecule has 0 saturated heterocycles. The molecule has 0 aliphatic heterocycles. The Kier molecular flexibility index (Phi) is 10.3. The Morgan fingerprint density at radius 1 is 0.963 bits per heavy atom. The van der Waals surface area contributed by atoms with Crippen LogP contribution in [-0.4, -0.2) is 24.7 Å². The molecule has 0 saturated carbocycles. The van der Waals surface area contributed by atoms with Gasteiger partial charge in [-0.25, -0.2) is 0 Å². The Labute approximate surface area is 163 Å². The summed E-state index contributed by atoms with van der Waals surface area (Å²) >= 11 is 0. The Morgan fingerprint density at radius 3 is 2.52 bits per heavy atom. The fourth-order valence-electron chi connectivity index (χ4n) is 3.06. The van der Waals surface area contributed by atoms with Crippen molar-refractivity contribution in [1.82, 2.24) is 5.32 Å². The highest BCUT2D eigenvalue weighted by Crippen LogP contribution is 2.29. The first-order valence-electron chi connectivity index (χ1n) is 9.85. The molecule has 2 rings (SSSR count). The molecule has 2 aromatic rings. The molecule has 1 unspecified atom stereocenters. The molecule has 0 fully saturated rings. The lowest BCUT2D eigenvalue weighted by molar-refractivity contribution is 0.276. The van der Waals surface area contributed by atoms with Crippen LogP contribution < -0.4 is 10.1 Å². The number of ether oxygens (including phenoxy) is 1. The van der Waals surface area contributed by atoms with Crippen LogP contribution in [0.2, 0.25) is 0 Å². The number of unbranched alkanes of at least 4 members (excludes halogenated alkanes) is 4. The van der Waals surface area contributed by atoms with E-state index in [1.54, 1.807) is 0 Å². The summed E-state index contributed by atoms with van der Waals surface area (Å²) in [5, 5.41) is 5.70. The first-order chi connectivity index (χ1) is 13.2. The lowest BCUT2D eigenvalue weighted by atomic mass is 10.0. The maximum atomic E-state index is 10.5. The predicted molar refractivity (Wildman–Crippen MR) is 110 cm³/mol. The van der Waals surface area contributed by atoms with Crippen LogP contribution in [0.25, 0.3) is 10.8 Å². The van der Waals surface area contributed by atoms with Gasteiger partial charge in [0.15, 0.2) is 0 Å². The van der Waals surface area contributed by atoms with Crippen molar-refractivity contribution in [3.63, 3.8) is 0 Å². The summed E-state index contributed by atoms with van der Waals surface area (Å²) in [5.74, 6) is 0.949. The van der Waals surface area contributed by atoms with Gasteiger partial charge in [0.05, 0.1) is 6.61 Å². The van der Waals surface area contributed by atoms with Crippen molar-refractivity contribution in [3.05, 3.63) is 42.0 Å². The van der Waals surface area contributed by atoms with E-state index in [0.29, 0.717) is 6.42 Å². The van der Waals surface area contributed by atoms with Crippen molar-refractivity contribution in [1.29, 1.82) is 0 Å². The largest absolute Gasteiger partial charge is 0.694 e. The molecule has 27 heavy (non-hydrogen) atoms. The molecule has 0 aromatic heterocycles. The van der Waals surface area contributed by atoms with E-state index in [2.05, 4.69) is 41.0 Å². The molecule has 148 valence electrons. The van der Waals surface area contributed by atoms with Crippen molar-refractivity contribution in [2.24, 2.45) is 0 Å². The molecule has 2 aromatic carbocycles. The van der Waals surface area contributed by atoms with Crippen LogP contribution in [0.3, 0.4) is 0 Å². The molecular formula is C21H31NO4P+. The third-order valence-corrected chi connectivity index (χ3v) is 4.90. The highest BCUT2D eigenvalue weighted by molar-refractivity contribution is 7.32. The fraction of sp³-hybridized carbons (Fsp3) is 0.524. The van der Waals surface area contributed by atoms with Crippen molar-refractivity contribution >= 4 is 19.0 Å². The normalized spacial score (nSPS) is 11.7. The van der Waals surface area contributed by atoms with Gasteiger partial charge in [0.25, 0.3) is 0 Å². The second-order valence-electron chi connectivity index (χ2n) is 6.63. The third-order valence-electron chi connectivity index (χ3n) is 4.49. The number of nitrogens with one attached hydrogen (secondary N) is 1. The highest BCUT2D eigenvalue weighted by Gasteiger charge is 2.10. The van der Waals surface area contributed by atoms with Crippen LogP contribution in [0.1, 0.15) is 51.0 Å². The van der Waals surface area contributed by atoms with Crippen molar-refractivity contribution in [2.45, 2.75) is 52.0 Å². The molecule has 2 N–H and O–H groups in total. The number of hydrogen-bond acceptors (Lipinski definition) is 4. The van der Waals surface area contributed by atoms with E-state index in [0.717, 1.165) is 37.3 Å². The average Bonchev–Trinajstić information content (AvgIpc) is 2.68. The second kappa shape index (κ2) is 12.8. The summed E-state index contributed by atoms with van der Waals surface area (Å²) in [6.07, 6.45) is 6.86. The zero-order chi connectivity index (χ0) is 19.3. The SMILES string of the molecule is CCCCCCCOc1ccc(CNCCCO[P+](=O)O)c2ccccc12. The average molecular weight is 392 g/mol. The lowest BCUT2D eigenvalue weighted by Crippen LogP contribution is -2.16. The maximum Gasteiger partial charge on any atom is 0.694 e. The van der Waals surface area contributed by atoms with Crippen molar-refractivity contribution in [2.75, 3.05) is 19.8 Å². The molecular weight excluding hydrogens is 361 g/mol. The highest BCUT2D eigenvalue weighted by atomic mass is 31.1. The maximum absolute atomic E-state index is 10.5. The van der Waals surface area contributed by atoms with Gasteiger partial charge in [-0.2, -0.15) is 0 Å². The van der Waals surface area contributed by atoms with Gasteiger partial charge in [-0.15, -0.1) is 9.42 Å². The summed E-state index contributed by atoms with van der Waals surface area (Å²) in [5.41, 5.74) is 1.22. The number of rotatable bonds is 14. The third kappa shape index (κ3) is 7.94. The van der Waals surface area contributed by atoms with Crippen LogP contribution in [0.15, 0.2) is 36.4 Å². The molecule has 0 heterocycles. The number of hydrogen-bond donors (Lipinski definition) is 2.